The van der Waals surface area contributed by atoms with Crippen molar-refractivity contribution >= 4 is 41.4 Å². The van der Waals surface area contributed by atoms with Gasteiger partial charge in [0.15, 0.2) is 0 Å². The number of carbonyl (C=O) groups is 5. The fourth-order valence-corrected chi connectivity index (χ4v) is 2.97. The van der Waals surface area contributed by atoms with Crippen LogP contribution in [-0.2, 0) is 24.0 Å². The molecule has 12 heteroatoms. The first-order chi connectivity index (χ1) is 14.3. The van der Waals surface area contributed by atoms with Crippen LogP contribution in [0, 0.1) is 11.8 Å². The summed E-state index contributed by atoms with van der Waals surface area (Å²) in [5.74, 6) is -4.96. The third-order valence-corrected chi connectivity index (χ3v) is 5.15. The summed E-state index contributed by atoms with van der Waals surface area (Å²) >= 11 is 1.43. The fraction of sp³-hybridized carbons (Fsp3) is 0.737. The zero-order chi connectivity index (χ0) is 24.3. The summed E-state index contributed by atoms with van der Waals surface area (Å²) in [6.07, 6.45) is 1.30. The summed E-state index contributed by atoms with van der Waals surface area (Å²) in [4.78, 5) is 60.1. The van der Waals surface area contributed by atoms with Crippen molar-refractivity contribution in [1.29, 1.82) is 0 Å². The van der Waals surface area contributed by atoms with Crippen molar-refractivity contribution in [2.75, 3.05) is 12.0 Å². The van der Waals surface area contributed by atoms with Crippen LogP contribution >= 0.6 is 11.8 Å². The summed E-state index contributed by atoms with van der Waals surface area (Å²) in [6, 6.07) is -4.65. The molecule has 0 rings (SSSR count). The maximum Gasteiger partial charge on any atom is 0.326 e. The Morgan fingerprint density at radius 1 is 0.839 bits per heavy atom. The second-order valence-corrected chi connectivity index (χ2v) is 8.83. The van der Waals surface area contributed by atoms with Crippen molar-refractivity contribution in [2.24, 2.45) is 17.6 Å². The molecule has 0 bridgehead atoms. The number of carboxylic acid groups (broad SMARTS) is 2. The molecule has 0 aliphatic carbocycles. The highest BCUT2D eigenvalue weighted by Gasteiger charge is 2.33. The maximum atomic E-state index is 12.7. The average Bonchev–Trinajstić information content (AvgIpc) is 2.66. The van der Waals surface area contributed by atoms with E-state index in [4.69, 9.17) is 10.8 Å². The summed E-state index contributed by atoms with van der Waals surface area (Å²) in [6.45, 7) is 6.68. The lowest BCUT2D eigenvalue weighted by Crippen LogP contribution is -2.59. The Balaban J connectivity index is 5.41. The number of amides is 3. The van der Waals surface area contributed by atoms with E-state index in [1.165, 1.54) is 11.8 Å². The molecular weight excluding hydrogens is 428 g/mol. The van der Waals surface area contributed by atoms with Crippen LogP contribution in [0.25, 0.3) is 0 Å². The molecule has 4 unspecified atom stereocenters. The molecule has 0 saturated carbocycles. The van der Waals surface area contributed by atoms with Gasteiger partial charge in [0.25, 0.3) is 0 Å². The summed E-state index contributed by atoms with van der Waals surface area (Å²) in [5, 5.41) is 25.5. The van der Waals surface area contributed by atoms with Crippen LogP contribution in [0.3, 0.4) is 0 Å². The first-order valence-corrected chi connectivity index (χ1v) is 11.3. The minimum Gasteiger partial charge on any atom is -0.481 e. The SMILES string of the molecule is CSCCC(NC(=O)C(NC(=O)C(CC(=O)O)NC(=O)C(N)C(C)C)C(C)C)C(=O)O. The van der Waals surface area contributed by atoms with Crippen molar-refractivity contribution in [1.82, 2.24) is 16.0 Å². The number of hydrogen-bond acceptors (Lipinski definition) is 7. The average molecular weight is 463 g/mol. The molecule has 0 aromatic heterocycles. The molecule has 0 aromatic rings. The Labute approximate surface area is 186 Å². The zero-order valence-corrected chi connectivity index (χ0v) is 19.3. The summed E-state index contributed by atoms with van der Waals surface area (Å²) < 4.78 is 0. The van der Waals surface area contributed by atoms with Gasteiger partial charge in [0.05, 0.1) is 12.5 Å². The number of carboxylic acids is 2. The van der Waals surface area contributed by atoms with Gasteiger partial charge in [-0.3, -0.25) is 19.2 Å². The zero-order valence-electron chi connectivity index (χ0n) is 18.5. The van der Waals surface area contributed by atoms with Gasteiger partial charge in [-0.2, -0.15) is 11.8 Å². The van der Waals surface area contributed by atoms with E-state index in [0.717, 1.165) is 0 Å². The number of carbonyl (C=O) groups excluding carboxylic acids is 3. The van der Waals surface area contributed by atoms with E-state index < -0.39 is 66.2 Å². The van der Waals surface area contributed by atoms with E-state index in [9.17, 15) is 29.1 Å². The lowest BCUT2D eigenvalue weighted by atomic mass is 10.0. The largest absolute Gasteiger partial charge is 0.481 e. The minimum atomic E-state index is -1.45. The molecule has 3 amide bonds. The second kappa shape index (κ2) is 13.9. The molecule has 11 nitrogen and oxygen atoms in total. The van der Waals surface area contributed by atoms with Crippen molar-refractivity contribution in [3.05, 3.63) is 0 Å². The highest BCUT2D eigenvalue weighted by molar-refractivity contribution is 7.98. The topological polar surface area (TPSA) is 188 Å². The number of nitrogens with two attached hydrogens (primary N) is 1. The molecule has 0 aromatic carbocycles. The summed E-state index contributed by atoms with van der Waals surface area (Å²) in [5.41, 5.74) is 5.75. The molecule has 0 radical (unpaired) electrons. The Morgan fingerprint density at radius 3 is 1.81 bits per heavy atom. The molecule has 31 heavy (non-hydrogen) atoms. The maximum absolute atomic E-state index is 12.7. The van der Waals surface area contributed by atoms with E-state index in [-0.39, 0.29) is 12.3 Å². The molecule has 178 valence electrons. The molecular formula is C19H34N4O7S. The predicted molar refractivity (Wildman–Crippen MR) is 116 cm³/mol. The van der Waals surface area contributed by atoms with E-state index in [1.54, 1.807) is 34.0 Å². The molecule has 0 heterocycles. The fourth-order valence-electron chi connectivity index (χ4n) is 2.50. The van der Waals surface area contributed by atoms with Crippen molar-refractivity contribution < 1.29 is 34.2 Å². The third kappa shape index (κ3) is 10.5. The smallest absolute Gasteiger partial charge is 0.326 e. The number of hydrogen-bond donors (Lipinski definition) is 6. The Kier molecular flexibility index (Phi) is 12.8. The van der Waals surface area contributed by atoms with Crippen LogP contribution in [0.15, 0.2) is 0 Å². The first kappa shape index (κ1) is 28.7. The van der Waals surface area contributed by atoms with Crippen LogP contribution in [0.5, 0.6) is 0 Å². The van der Waals surface area contributed by atoms with Crippen LogP contribution < -0.4 is 21.7 Å². The molecule has 0 aliphatic heterocycles. The van der Waals surface area contributed by atoms with Crippen molar-refractivity contribution in [3.8, 4) is 0 Å². The van der Waals surface area contributed by atoms with Crippen LogP contribution in [0.2, 0.25) is 0 Å². The van der Waals surface area contributed by atoms with Crippen LogP contribution in [0.4, 0.5) is 0 Å². The van der Waals surface area contributed by atoms with Gasteiger partial charge in [-0.25, -0.2) is 4.79 Å². The van der Waals surface area contributed by atoms with Crippen molar-refractivity contribution in [3.63, 3.8) is 0 Å². The van der Waals surface area contributed by atoms with Gasteiger partial charge in [0.2, 0.25) is 17.7 Å². The number of rotatable bonds is 14. The molecule has 4 atom stereocenters. The molecule has 7 N–H and O–H groups in total. The third-order valence-electron chi connectivity index (χ3n) is 4.50. The number of aliphatic carboxylic acids is 2. The highest BCUT2D eigenvalue weighted by atomic mass is 32.2. The van der Waals surface area contributed by atoms with Crippen LogP contribution in [-0.4, -0.2) is 76.0 Å². The van der Waals surface area contributed by atoms with Gasteiger partial charge >= 0.3 is 11.9 Å². The summed E-state index contributed by atoms with van der Waals surface area (Å²) in [7, 11) is 0. The monoisotopic (exact) mass is 462 g/mol. The predicted octanol–water partition coefficient (Wildman–Crippen LogP) is -0.607. The van der Waals surface area contributed by atoms with Gasteiger partial charge in [-0.15, -0.1) is 0 Å². The lowest BCUT2D eigenvalue weighted by molar-refractivity contribution is -0.143. The lowest BCUT2D eigenvalue weighted by Gasteiger charge is -2.27. The molecule has 0 aliphatic rings. The quantitative estimate of drug-likeness (QED) is 0.196. The Hall–Kier alpha value is -2.34. The molecule has 0 saturated heterocycles. The van der Waals surface area contributed by atoms with Gasteiger partial charge in [0.1, 0.15) is 18.1 Å². The van der Waals surface area contributed by atoms with Gasteiger partial charge in [-0.05, 0) is 30.3 Å². The number of nitrogens with one attached hydrogen (secondary N) is 3. The van der Waals surface area contributed by atoms with E-state index in [1.807, 2.05) is 0 Å². The Bertz CT molecular complexity index is 657. The number of thioether (sulfide) groups is 1. The highest BCUT2D eigenvalue weighted by Crippen LogP contribution is 2.07. The van der Waals surface area contributed by atoms with Gasteiger partial charge in [0, 0.05) is 0 Å². The first-order valence-electron chi connectivity index (χ1n) is 9.91. The van der Waals surface area contributed by atoms with E-state index in [0.29, 0.717) is 5.75 Å². The molecule has 0 spiro atoms. The minimum absolute atomic E-state index is 0.200. The van der Waals surface area contributed by atoms with Gasteiger partial charge < -0.3 is 31.9 Å². The Morgan fingerprint density at radius 2 is 1.39 bits per heavy atom. The van der Waals surface area contributed by atoms with Crippen LogP contribution in [0.1, 0.15) is 40.5 Å². The van der Waals surface area contributed by atoms with E-state index >= 15 is 0 Å². The normalized spacial score (nSPS) is 15.0. The van der Waals surface area contributed by atoms with E-state index in [2.05, 4.69) is 16.0 Å². The molecule has 0 fully saturated rings. The van der Waals surface area contributed by atoms with Crippen molar-refractivity contribution in [2.45, 2.75) is 64.7 Å². The second-order valence-electron chi connectivity index (χ2n) is 7.84. The standard InChI is InChI=1S/C19H34N4O7S/c1-9(2)14(20)17(27)22-12(8-13(24)25)16(26)23-15(10(3)4)18(28)21-11(19(29)30)6-7-31-5/h9-12,14-15H,6-8,20H2,1-5H3,(H,21,28)(H,22,27)(H,23,26)(H,24,25)(H,29,30). The van der Waals surface area contributed by atoms with Gasteiger partial charge in [-0.1, -0.05) is 27.7 Å².